The van der Waals surface area contributed by atoms with Crippen molar-refractivity contribution in [3.05, 3.63) is 103 Å². The molecule has 2 saturated carbocycles. The molecule has 13 heteroatoms. The molecule has 0 spiro atoms. The number of rotatable bonds is 14. The van der Waals surface area contributed by atoms with E-state index in [0.29, 0.717) is 42.0 Å². The molecule has 4 aromatic rings. The first-order valence-electron chi connectivity index (χ1n) is 18.1. The molecule has 2 aliphatic carbocycles. The Morgan fingerprint density at radius 1 is 1.04 bits per heavy atom. The van der Waals surface area contributed by atoms with Crippen molar-refractivity contribution < 1.29 is 32.3 Å². The largest absolute Gasteiger partial charge is 0.497 e. The standard InChI is InChI=1S/C41H45N5O7S/c1-5-28-24-41(28,40(49)44-54(50,51)31-17-18-31)43-38(47)35-22-30(25-46(35)39(48)36(45(2)3)20-26-12-8-6-9-13-26)53-37-23-33(27-14-10-7-11-15-27)42-34-21-29(52-4)16-19-32(34)37/h5-16,19,21,23,28,30-31,35-36H,1,17-18,20,22,24-25H2,2-4H3,(H,43,47)(H,44,49). The third kappa shape index (κ3) is 7.56. The van der Waals surface area contributed by atoms with Crippen LogP contribution in [-0.4, -0.2) is 97.6 Å². The number of carbonyl (C=O) groups is 3. The second-order valence-electron chi connectivity index (χ2n) is 14.6. The number of pyridine rings is 1. The summed E-state index contributed by atoms with van der Waals surface area (Å²) in [5.74, 6) is -0.936. The Morgan fingerprint density at radius 2 is 1.74 bits per heavy atom. The van der Waals surface area contributed by atoms with Gasteiger partial charge in [-0.1, -0.05) is 66.7 Å². The van der Waals surface area contributed by atoms with Crippen LogP contribution in [0.15, 0.2) is 97.6 Å². The van der Waals surface area contributed by atoms with Crippen molar-refractivity contribution in [2.75, 3.05) is 27.7 Å². The maximum Gasteiger partial charge on any atom is 0.259 e. The molecule has 282 valence electrons. The molecule has 5 unspecified atom stereocenters. The number of methoxy groups -OCH3 is 1. The van der Waals surface area contributed by atoms with Crippen LogP contribution in [0.4, 0.5) is 0 Å². The van der Waals surface area contributed by atoms with Crippen molar-refractivity contribution in [1.29, 1.82) is 0 Å². The summed E-state index contributed by atoms with van der Waals surface area (Å²) in [7, 11) is 1.37. The van der Waals surface area contributed by atoms with E-state index in [9.17, 15) is 22.8 Å². The number of benzene rings is 3. The van der Waals surface area contributed by atoms with Crippen LogP contribution in [-0.2, 0) is 30.8 Å². The molecule has 3 fully saturated rings. The Bertz CT molecular complexity index is 2180. The molecule has 2 heterocycles. The molecule has 0 bridgehead atoms. The van der Waals surface area contributed by atoms with Crippen LogP contribution in [0.1, 0.15) is 31.2 Å². The number of aromatic nitrogens is 1. The molecule has 12 nitrogen and oxygen atoms in total. The highest BCUT2D eigenvalue weighted by Crippen LogP contribution is 2.45. The van der Waals surface area contributed by atoms with E-state index in [-0.39, 0.29) is 25.3 Å². The van der Waals surface area contributed by atoms with Gasteiger partial charge in [0.15, 0.2) is 0 Å². The van der Waals surface area contributed by atoms with Gasteiger partial charge >= 0.3 is 0 Å². The van der Waals surface area contributed by atoms with Crippen molar-refractivity contribution in [3.63, 3.8) is 0 Å². The summed E-state index contributed by atoms with van der Waals surface area (Å²) in [5, 5.41) is 3.00. The number of likely N-dealkylation sites (N-methyl/N-ethyl adjacent to an activating group) is 1. The number of nitrogens with one attached hydrogen (secondary N) is 2. The summed E-state index contributed by atoms with van der Waals surface area (Å²) in [4.78, 5) is 50.8. The summed E-state index contributed by atoms with van der Waals surface area (Å²) in [6.45, 7) is 3.91. The SMILES string of the molecule is C=CC1CC1(NC(=O)C1CC(Oc2cc(-c3ccccc3)nc3cc(OC)ccc23)CN1C(=O)C(Cc1ccccc1)N(C)C)C(=O)NS(=O)(=O)C1CC1. The molecule has 7 rings (SSSR count). The third-order valence-corrected chi connectivity index (χ3v) is 12.4. The lowest BCUT2D eigenvalue weighted by molar-refractivity contribution is -0.143. The van der Waals surface area contributed by atoms with E-state index in [1.807, 2.05) is 104 Å². The number of hydrogen-bond acceptors (Lipinski definition) is 9. The lowest BCUT2D eigenvalue weighted by atomic mass is 10.0. The predicted molar refractivity (Wildman–Crippen MR) is 205 cm³/mol. The van der Waals surface area contributed by atoms with Crippen LogP contribution < -0.4 is 19.5 Å². The minimum atomic E-state index is -3.87. The molecule has 3 amide bonds. The topological polar surface area (TPSA) is 147 Å². The zero-order valence-corrected chi connectivity index (χ0v) is 31.4. The van der Waals surface area contributed by atoms with Crippen LogP contribution >= 0.6 is 0 Å². The van der Waals surface area contributed by atoms with E-state index in [0.717, 1.165) is 16.5 Å². The fraction of sp³-hybridized carbons (Fsp3) is 0.366. The predicted octanol–water partition coefficient (Wildman–Crippen LogP) is 4.10. The van der Waals surface area contributed by atoms with Crippen LogP contribution in [0.5, 0.6) is 11.5 Å². The van der Waals surface area contributed by atoms with E-state index >= 15 is 0 Å². The number of sulfonamides is 1. The van der Waals surface area contributed by atoms with Gasteiger partial charge in [0.1, 0.15) is 29.2 Å². The monoisotopic (exact) mass is 751 g/mol. The Kier molecular flexibility index (Phi) is 10.2. The molecule has 1 aliphatic heterocycles. The number of likely N-dealkylation sites (tertiary alicyclic amines) is 1. The van der Waals surface area contributed by atoms with E-state index in [1.165, 1.54) is 4.90 Å². The van der Waals surface area contributed by atoms with E-state index < -0.39 is 56.7 Å². The van der Waals surface area contributed by atoms with Crippen LogP contribution in [0, 0.1) is 5.92 Å². The van der Waals surface area contributed by atoms with Gasteiger partial charge in [-0.25, -0.2) is 13.4 Å². The number of carbonyl (C=O) groups excluding carboxylic acids is 3. The molecule has 1 saturated heterocycles. The van der Waals surface area contributed by atoms with Gasteiger partial charge in [-0.3, -0.25) is 24.0 Å². The van der Waals surface area contributed by atoms with E-state index in [4.69, 9.17) is 14.5 Å². The van der Waals surface area contributed by atoms with Crippen molar-refractivity contribution in [2.45, 2.75) is 61.1 Å². The summed E-state index contributed by atoms with van der Waals surface area (Å²) >= 11 is 0. The first kappa shape index (κ1) is 37.1. The Labute approximate surface area is 315 Å². The van der Waals surface area contributed by atoms with Gasteiger partial charge in [0.2, 0.25) is 21.8 Å². The van der Waals surface area contributed by atoms with Gasteiger partial charge in [-0.15, -0.1) is 6.58 Å². The zero-order chi connectivity index (χ0) is 38.2. The van der Waals surface area contributed by atoms with Gasteiger partial charge in [-0.05, 0) is 57.5 Å². The lowest BCUT2D eigenvalue weighted by Crippen LogP contribution is -2.58. The molecule has 5 atom stereocenters. The first-order chi connectivity index (χ1) is 25.9. The third-order valence-electron chi connectivity index (χ3n) is 10.6. The van der Waals surface area contributed by atoms with Gasteiger partial charge < -0.3 is 19.7 Å². The average Bonchev–Trinajstić information content (AvgIpc) is 4.10. The molecule has 2 N–H and O–H groups in total. The summed E-state index contributed by atoms with van der Waals surface area (Å²) in [6, 6.07) is 25.1. The van der Waals surface area contributed by atoms with Gasteiger partial charge in [0.25, 0.3) is 5.91 Å². The first-order valence-corrected chi connectivity index (χ1v) is 19.7. The lowest BCUT2D eigenvalue weighted by Gasteiger charge is -2.32. The normalized spacial score (nSPS) is 22.7. The fourth-order valence-electron chi connectivity index (χ4n) is 7.25. The summed E-state index contributed by atoms with van der Waals surface area (Å²) in [5.41, 5.74) is 1.68. The number of hydrogen-bond donors (Lipinski definition) is 2. The fourth-order valence-corrected chi connectivity index (χ4v) is 8.61. The second-order valence-corrected chi connectivity index (χ2v) is 16.5. The van der Waals surface area contributed by atoms with E-state index in [2.05, 4.69) is 16.6 Å². The maximum absolute atomic E-state index is 14.6. The molecule has 54 heavy (non-hydrogen) atoms. The maximum atomic E-state index is 14.6. The smallest absolute Gasteiger partial charge is 0.259 e. The Balaban J connectivity index is 1.21. The molecular weight excluding hydrogens is 707 g/mol. The molecule has 0 radical (unpaired) electrons. The number of ether oxygens (including phenoxy) is 2. The van der Waals surface area contributed by atoms with Crippen LogP contribution in [0.25, 0.3) is 22.2 Å². The highest BCUT2D eigenvalue weighted by Gasteiger charge is 2.62. The molecular formula is C41H45N5O7S. The molecule has 1 aromatic heterocycles. The van der Waals surface area contributed by atoms with Gasteiger partial charge in [-0.2, -0.15) is 0 Å². The number of amides is 3. The molecule has 3 aliphatic rings. The quantitative estimate of drug-likeness (QED) is 0.182. The minimum absolute atomic E-state index is 0.0941. The highest BCUT2D eigenvalue weighted by molar-refractivity contribution is 7.91. The summed E-state index contributed by atoms with van der Waals surface area (Å²) < 4.78 is 39.9. The van der Waals surface area contributed by atoms with Crippen molar-refractivity contribution in [3.8, 4) is 22.8 Å². The number of fused-ring (bicyclic) bond motifs is 1. The number of nitrogens with zero attached hydrogens (tertiary/aromatic N) is 3. The van der Waals surface area contributed by atoms with Gasteiger partial charge in [0, 0.05) is 35.4 Å². The summed E-state index contributed by atoms with van der Waals surface area (Å²) in [6.07, 6.45) is 2.62. The van der Waals surface area contributed by atoms with E-state index in [1.54, 1.807) is 13.2 Å². The van der Waals surface area contributed by atoms with Crippen LogP contribution in [0.3, 0.4) is 0 Å². The minimum Gasteiger partial charge on any atom is -0.497 e. The Hall–Kier alpha value is -5.27. The Morgan fingerprint density at radius 3 is 2.37 bits per heavy atom. The highest BCUT2D eigenvalue weighted by atomic mass is 32.2. The average molecular weight is 752 g/mol. The van der Waals surface area contributed by atoms with Crippen LogP contribution in [0.2, 0.25) is 0 Å². The molecule has 3 aromatic carbocycles. The van der Waals surface area contributed by atoms with Gasteiger partial charge in [0.05, 0.1) is 36.2 Å². The zero-order valence-electron chi connectivity index (χ0n) is 30.6. The second kappa shape index (κ2) is 14.9. The van der Waals surface area contributed by atoms with Crippen molar-refractivity contribution in [1.82, 2.24) is 24.8 Å². The van der Waals surface area contributed by atoms with Crippen molar-refractivity contribution >= 4 is 38.6 Å². The van der Waals surface area contributed by atoms with Crippen molar-refractivity contribution in [2.24, 2.45) is 5.92 Å².